The predicted octanol–water partition coefficient (Wildman–Crippen LogP) is 1.88. The molecule has 0 saturated heterocycles. The number of fused-ring (bicyclic) bond motifs is 1. The number of nitrogens with one attached hydrogen (secondary N) is 2. The Morgan fingerprint density at radius 3 is 2.55 bits per heavy atom. The van der Waals surface area contributed by atoms with Crippen LogP contribution in [0.25, 0.3) is 0 Å². The van der Waals surface area contributed by atoms with Crippen LogP contribution < -0.4 is 20.3 Å². The summed E-state index contributed by atoms with van der Waals surface area (Å²) in [4.78, 5) is 38.4. The molecule has 0 bridgehead atoms. The van der Waals surface area contributed by atoms with Gasteiger partial charge in [-0.05, 0) is 36.2 Å². The van der Waals surface area contributed by atoms with Crippen molar-refractivity contribution in [2.24, 2.45) is 0 Å². The van der Waals surface area contributed by atoms with Gasteiger partial charge in [0.25, 0.3) is 5.91 Å². The molecule has 1 atom stereocenters. The van der Waals surface area contributed by atoms with Gasteiger partial charge in [0.2, 0.25) is 5.91 Å². The van der Waals surface area contributed by atoms with Gasteiger partial charge < -0.3 is 25.0 Å². The number of carbonyl (C=O) groups is 3. The summed E-state index contributed by atoms with van der Waals surface area (Å²) < 4.78 is 10.5. The van der Waals surface area contributed by atoms with Crippen molar-refractivity contribution in [3.8, 4) is 5.75 Å². The average Bonchev–Trinajstić information content (AvgIpc) is 2.80. The molecule has 1 aliphatic rings. The Kier molecular flexibility index (Phi) is 7.48. The molecule has 2 aromatic carbocycles. The fraction of sp³-hybridized carbons (Fsp3) is 0.348. The minimum Gasteiger partial charge on any atom is -0.477 e. The van der Waals surface area contributed by atoms with Crippen molar-refractivity contribution in [2.75, 3.05) is 31.6 Å². The number of hydrogen-bond acceptors (Lipinski definition) is 6. The molecule has 8 nitrogen and oxygen atoms in total. The fourth-order valence-corrected chi connectivity index (χ4v) is 3.26. The van der Waals surface area contributed by atoms with Crippen molar-refractivity contribution < 1.29 is 23.9 Å². The van der Waals surface area contributed by atoms with Crippen LogP contribution in [-0.4, -0.2) is 50.6 Å². The van der Waals surface area contributed by atoms with Crippen LogP contribution in [0.5, 0.6) is 5.75 Å². The van der Waals surface area contributed by atoms with Gasteiger partial charge >= 0.3 is 5.97 Å². The van der Waals surface area contributed by atoms with Crippen LogP contribution in [0, 0.1) is 0 Å². The Balaban J connectivity index is 1.61. The normalized spacial score (nSPS) is 14.8. The maximum atomic E-state index is 12.6. The van der Waals surface area contributed by atoms with Crippen molar-refractivity contribution in [1.29, 1.82) is 0 Å². The van der Waals surface area contributed by atoms with E-state index >= 15 is 0 Å². The van der Waals surface area contributed by atoms with E-state index in [1.54, 1.807) is 30.3 Å². The first-order chi connectivity index (χ1) is 15.0. The average molecular weight is 425 g/mol. The van der Waals surface area contributed by atoms with E-state index in [1.807, 2.05) is 30.0 Å². The summed E-state index contributed by atoms with van der Waals surface area (Å²) in [6, 6.07) is 14.2. The lowest BCUT2D eigenvalue weighted by Crippen LogP contribution is -2.51. The van der Waals surface area contributed by atoms with Gasteiger partial charge in [-0.15, -0.1) is 0 Å². The number of amides is 2. The van der Waals surface area contributed by atoms with Gasteiger partial charge in [0.05, 0.1) is 31.5 Å². The van der Waals surface area contributed by atoms with Gasteiger partial charge in [-0.2, -0.15) is 0 Å². The first-order valence-corrected chi connectivity index (χ1v) is 10.2. The van der Waals surface area contributed by atoms with Crippen LogP contribution in [0.3, 0.4) is 0 Å². The largest absolute Gasteiger partial charge is 0.477 e. The molecule has 3 rings (SSSR count). The van der Waals surface area contributed by atoms with Crippen molar-refractivity contribution >= 4 is 23.5 Å². The molecule has 2 aromatic rings. The molecule has 0 unspecified atom stereocenters. The number of rotatable bonds is 8. The molecular weight excluding hydrogens is 398 g/mol. The zero-order valence-electron chi connectivity index (χ0n) is 17.7. The molecule has 0 fully saturated rings. The quantitative estimate of drug-likeness (QED) is 0.627. The third kappa shape index (κ3) is 5.75. The number of ether oxygens (including phenoxy) is 2. The second kappa shape index (κ2) is 10.5. The van der Waals surface area contributed by atoms with Crippen LogP contribution in [0.15, 0.2) is 48.5 Å². The first kappa shape index (κ1) is 22.1. The number of anilines is 1. The van der Waals surface area contributed by atoms with E-state index in [0.717, 1.165) is 17.7 Å². The summed E-state index contributed by atoms with van der Waals surface area (Å²) in [6.07, 6.45) is 0.155. The third-order valence-corrected chi connectivity index (χ3v) is 4.90. The van der Waals surface area contributed by atoms with Crippen molar-refractivity contribution in [2.45, 2.75) is 26.0 Å². The van der Waals surface area contributed by atoms with Crippen LogP contribution >= 0.6 is 0 Å². The Bertz CT molecular complexity index is 929. The molecule has 2 N–H and O–H groups in total. The Hall–Kier alpha value is -3.55. The summed E-state index contributed by atoms with van der Waals surface area (Å²) in [5.74, 6) is -0.190. The lowest BCUT2D eigenvalue weighted by Gasteiger charge is -2.35. The second-order valence-corrected chi connectivity index (χ2v) is 7.21. The third-order valence-electron chi connectivity index (χ3n) is 4.90. The molecule has 8 heteroatoms. The fourth-order valence-electron chi connectivity index (χ4n) is 3.26. The van der Waals surface area contributed by atoms with E-state index in [2.05, 4.69) is 15.4 Å². The highest BCUT2D eigenvalue weighted by molar-refractivity contribution is 5.89. The van der Waals surface area contributed by atoms with Crippen molar-refractivity contribution in [1.82, 2.24) is 10.6 Å². The number of benzene rings is 2. The number of methoxy groups -OCH3 is 1. The Morgan fingerprint density at radius 2 is 1.84 bits per heavy atom. The van der Waals surface area contributed by atoms with Gasteiger partial charge in [0, 0.05) is 13.1 Å². The maximum Gasteiger partial charge on any atom is 0.337 e. The summed E-state index contributed by atoms with van der Waals surface area (Å²) >= 11 is 0. The summed E-state index contributed by atoms with van der Waals surface area (Å²) in [6.45, 7) is 3.27. The molecule has 31 heavy (non-hydrogen) atoms. The first-order valence-electron chi connectivity index (χ1n) is 10.2. The smallest absolute Gasteiger partial charge is 0.337 e. The molecule has 2 amide bonds. The van der Waals surface area contributed by atoms with E-state index < -0.39 is 12.1 Å². The Morgan fingerprint density at radius 1 is 1.10 bits per heavy atom. The highest BCUT2D eigenvalue weighted by Crippen LogP contribution is 2.32. The lowest BCUT2D eigenvalue weighted by atomic mass is 10.1. The van der Waals surface area contributed by atoms with Crippen LogP contribution in [0.4, 0.5) is 5.69 Å². The highest BCUT2D eigenvalue weighted by Gasteiger charge is 2.31. The van der Waals surface area contributed by atoms with E-state index in [9.17, 15) is 14.4 Å². The van der Waals surface area contributed by atoms with Gasteiger partial charge in [0.15, 0.2) is 6.10 Å². The standard InChI is InChI=1S/C23H27N3O5/c1-3-12-24-22(28)20-14-26(18-6-4-5-7-19(18)31-20)15-21(27)25-13-16-8-10-17(11-9-16)23(29)30-2/h4-11,20H,3,12-15H2,1-2H3,(H,24,28)(H,25,27)/t20-/m0/s1. The molecule has 1 heterocycles. The molecule has 0 aromatic heterocycles. The summed E-state index contributed by atoms with van der Waals surface area (Å²) in [5.41, 5.74) is 2.09. The number of esters is 1. The van der Waals surface area contributed by atoms with Crippen molar-refractivity contribution in [3.63, 3.8) is 0 Å². The highest BCUT2D eigenvalue weighted by atomic mass is 16.5. The molecule has 0 saturated carbocycles. The van der Waals surface area contributed by atoms with Crippen LogP contribution in [0.1, 0.15) is 29.3 Å². The summed E-state index contributed by atoms with van der Waals surface area (Å²) in [5, 5.41) is 5.73. The van der Waals surface area contributed by atoms with E-state index in [4.69, 9.17) is 4.74 Å². The molecule has 0 spiro atoms. The maximum absolute atomic E-state index is 12.6. The van der Waals surface area contributed by atoms with E-state index in [1.165, 1.54) is 7.11 Å². The number of carbonyl (C=O) groups excluding carboxylic acids is 3. The lowest BCUT2D eigenvalue weighted by molar-refractivity contribution is -0.128. The van der Waals surface area contributed by atoms with Gasteiger partial charge in [0.1, 0.15) is 5.75 Å². The minimum atomic E-state index is -0.680. The second-order valence-electron chi connectivity index (χ2n) is 7.21. The predicted molar refractivity (Wildman–Crippen MR) is 116 cm³/mol. The number of para-hydroxylation sites is 2. The molecular formula is C23H27N3O5. The van der Waals surface area contributed by atoms with Gasteiger partial charge in [-0.3, -0.25) is 9.59 Å². The SMILES string of the molecule is CCCNC(=O)[C@@H]1CN(CC(=O)NCc2ccc(C(=O)OC)cc2)c2ccccc2O1. The molecule has 1 aliphatic heterocycles. The van der Waals surface area contributed by atoms with Crippen LogP contribution in [0.2, 0.25) is 0 Å². The molecule has 0 aliphatic carbocycles. The molecule has 0 radical (unpaired) electrons. The van der Waals surface area contributed by atoms with Gasteiger partial charge in [-0.1, -0.05) is 31.2 Å². The molecule has 164 valence electrons. The van der Waals surface area contributed by atoms with E-state index in [-0.39, 0.29) is 24.9 Å². The topological polar surface area (TPSA) is 97.0 Å². The van der Waals surface area contributed by atoms with Crippen LogP contribution in [-0.2, 0) is 20.9 Å². The zero-order chi connectivity index (χ0) is 22.2. The van der Waals surface area contributed by atoms with Gasteiger partial charge in [-0.25, -0.2) is 4.79 Å². The zero-order valence-corrected chi connectivity index (χ0v) is 17.7. The number of nitrogens with zero attached hydrogens (tertiary/aromatic N) is 1. The van der Waals surface area contributed by atoms with E-state index in [0.29, 0.717) is 24.4 Å². The Labute approximate surface area is 181 Å². The monoisotopic (exact) mass is 425 g/mol. The minimum absolute atomic E-state index is 0.0954. The summed E-state index contributed by atoms with van der Waals surface area (Å²) in [7, 11) is 1.33. The number of hydrogen-bond donors (Lipinski definition) is 2. The van der Waals surface area contributed by atoms with Crippen molar-refractivity contribution in [3.05, 3.63) is 59.7 Å².